The number of carbonyl (C=O) groups is 1. The smallest absolute Gasteiger partial charge is 0.354 e. The van der Waals surface area contributed by atoms with Crippen molar-refractivity contribution in [2.45, 2.75) is 43.0 Å². The molecule has 0 unspecified atom stereocenters. The predicted octanol–water partition coefficient (Wildman–Crippen LogP) is 5.16. The van der Waals surface area contributed by atoms with E-state index >= 15 is 0 Å². The molecular weight excluding hydrogens is 500 g/mol. The van der Waals surface area contributed by atoms with Crippen LogP contribution in [-0.2, 0) is 17.1 Å². The van der Waals surface area contributed by atoms with Crippen molar-refractivity contribution in [1.82, 2.24) is 14.1 Å². The maximum atomic E-state index is 14.1. The Morgan fingerprint density at radius 2 is 1.75 bits per heavy atom. The largest absolute Gasteiger partial charge is 0.477 e. The fourth-order valence-electron chi connectivity index (χ4n) is 5.51. The molecule has 2 heterocycles. The minimum atomic E-state index is -3.88. The quantitative estimate of drug-likeness (QED) is 0.502. The van der Waals surface area contributed by atoms with Crippen molar-refractivity contribution >= 4 is 39.0 Å². The highest BCUT2D eigenvalue weighted by Gasteiger charge is 2.41. The first-order valence-corrected chi connectivity index (χ1v) is 13.9. The Labute approximate surface area is 216 Å². The van der Waals surface area contributed by atoms with E-state index in [0.717, 1.165) is 31.4 Å². The Morgan fingerprint density at radius 1 is 1.06 bits per heavy atom. The van der Waals surface area contributed by atoms with Gasteiger partial charge in [0.2, 0.25) is 10.0 Å². The van der Waals surface area contributed by atoms with Crippen LogP contribution in [0.25, 0.3) is 11.3 Å². The van der Waals surface area contributed by atoms with E-state index in [1.54, 1.807) is 13.1 Å². The maximum Gasteiger partial charge on any atom is 0.354 e. The number of halogens is 1. The van der Waals surface area contributed by atoms with E-state index in [9.17, 15) is 18.3 Å². The van der Waals surface area contributed by atoms with Gasteiger partial charge in [-0.25, -0.2) is 13.2 Å². The van der Waals surface area contributed by atoms with Crippen molar-refractivity contribution < 1.29 is 18.3 Å². The van der Waals surface area contributed by atoms with Crippen LogP contribution in [0.4, 0.5) is 11.4 Å². The van der Waals surface area contributed by atoms with Crippen LogP contribution in [0.5, 0.6) is 0 Å². The van der Waals surface area contributed by atoms with Gasteiger partial charge in [-0.05, 0) is 49.1 Å². The fraction of sp³-hybridized carbons (Fsp3) is 0.385. The van der Waals surface area contributed by atoms with Gasteiger partial charge in [-0.3, -0.25) is 4.68 Å². The van der Waals surface area contributed by atoms with Gasteiger partial charge in [0, 0.05) is 37.9 Å². The van der Waals surface area contributed by atoms with Crippen LogP contribution < -0.4 is 4.90 Å². The summed E-state index contributed by atoms with van der Waals surface area (Å²) >= 11 is 6.73. The van der Waals surface area contributed by atoms with Gasteiger partial charge in [-0.1, -0.05) is 49.1 Å². The highest BCUT2D eigenvalue weighted by molar-refractivity contribution is 7.89. The van der Waals surface area contributed by atoms with Crippen molar-refractivity contribution in [2.75, 3.05) is 18.5 Å². The monoisotopic (exact) mass is 528 g/mol. The van der Waals surface area contributed by atoms with E-state index in [2.05, 4.69) is 5.10 Å². The third-order valence-corrected chi connectivity index (χ3v) is 9.69. The third-order valence-electron chi connectivity index (χ3n) is 7.47. The van der Waals surface area contributed by atoms with Crippen LogP contribution in [-0.4, -0.2) is 53.2 Å². The second-order valence-corrected chi connectivity index (χ2v) is 11.9. The summed E-state index contributed by atoms with van der Waals surface area (Å²) < 4.78 is 30.9. The molecular formula is C26H29ClN4O4S. The molecule has 1 saturated carbocycles. The Kier molecular flexibility index (Phi) is 6.57. The average molecular weight is 529 g/mol. The number of rotatable bonds is 4. The van der Waals surface area contributed by atoms with Crippen molar-refractivity contribution in [1.29, 1.82) is 0 Å². The van der Waals surface area contributed by atoms with Crippen molar-refractivity contribution in [2.24, 2.45) is 13.0 Å². The van der Waals surface area contributed by atoms with Gasteiger partial charge in [0.05, 0.1) is 16.4 Å². The van der Waals surface area contributed by atoms with Crippen LogP contribution in [0.2, 0.25) is 5.02 Å². The molecule has 190 valence electrons. The fourth-order valence-corrected chi connectivity index (χ4v) is 7.37. The number of sulfonamides is 1. The standard InChI is InChI=1S/C26H29ClN4O4S/c1-29-23(26(32)33)15-21(28-29)19-13-25-22(14-20(19)27)31(18-11-7-4-8-12-18)16-24(30(2)36(25,34)35)17-9-5-3-6-10-17/h4,7-8,11-15,17,24H,3,5-6,9-10,16H2,1-2H3,(H,32,33)/t24-/m0/s1. The molecule has 1 aliphatic heterocycles. The van der Waals surface area contributed by atoms with Gasteiger partial charge >= 0.3 is 5.97 Å². The number of para-hydroxylation sites is 1. The highest BCUT2D eigenvalue weighted by Crippen LogP contribution is 2.44. The molecule has 2 aromatic carbocycles. The summed E-state index contributed by atoms with van der Waals surface area (Å²) in [7, 11) is -0.682. The predicted molar refractivity (Wildman–Crippen MR) is 139 cm³/mol. The van der Waals surface area contributed by atoms with E-state index in [-0.39, 0.29) is 22.5 Å². The number of carboxylic acids is 1. The van der Waals surface area contributed by atoms with Crippen LogP contribution in [0.3, 0.4) is 0 Å². The van der Waals surface area contributed by atoms with E-state index in [0.29, 0.717) is 28.5 Å². The van der Waals surface area contributed by atoms with E-state index in [1.165, 1.54) is 34.6 Å². The zero-order valence-corrected chi connectivity index (χ0v) is 21.8. The molecule has 10 heteroatoms. The van der Waals surface area contributed by atoms with E-state index in [4.69, 9.17) is 11.6 Å². The molecule has 1 aromatic heterocycles. The first-order valence-electron chi connectivity index (χ1n) is 12.1. The Balaban J connectivity index is 1.70. The molecule has 1 N–H and O–H groups in total. The lowest BCUT2D eigenvalue weighted by Crippen LogP contribution is -2.46. The first-order chi connectivity index (χ1) is 17.2. The topological polar surface area (TPSA) is 95.7 Å². The van der Waals surface area contributed by atoms with Gasteiger partial charge < -0.3 is 10.0 Å². The lowest BCUT2D eigenvalue weighted by atomic mass is 9.83. The average Bonchev–Trinajstić information content (AvgIpc) is 3.23. The number of hydrogen-bond donors (Lipinski definition) is 1. The third kappa shape index (κ3) is 4.29. The molecule has 0 spiro atoms. The molecule has 1 aliphatic carbocycles. The van der Waals surface area contributed by atoms with Crippen molar-refractivity contribution in [3.8, 4) is 11.3 Å². The van der Waals surface area contributed by atoms with Crippen molar-refractivity contribution in [3.63, 3.8) is 0 Å². The zero-order chi connectivity index (χ0) is 25.6. The molecule has 5 rings (SSSR count). The molecule has 0 saturated heterocycles. The zero-order valence-electron chi connectivity index (χ0n) is 20.3. The van der Waals surface area contributed by atoms with Crippen LogP contribution in [0.15, 0.2) is 53.4 Å². The number of hydrogen-bond acceptors (Lipinski definition) is 5. The number of anilines is 2. The van der Waals surface area contributed by atoms with Crippen molar-refractivity contribution in [3.05, 3.63) is 59.2 Å². The van der Waals surface area contributed by atoms with Crippen LogP contribution in [0, 0.1) is 5.92 Å². The Morgan fingerprint density at radius 3 is 2.39 bits per heavy atom. The summed E-state index contributed by atoms with van der Waals surface area (Å²) in [6.45, 7) is 0.514. The molecule has 1 atom stereocenters. The number of carboxylic acid groups (broad SMARTS) is 1. The first kappa shape index (κ1) is 24.8. The van der Waals surface area contributed by atoms with Gasteiger partial charge in [-0.15, -0.1) is 0 Å². The summed E-state index contributed by atoms with van der Waals surface area (Å²) in [4.78, 5) is 13.7. The number of aromatic nitrogens is 2. The minimum Gasteiger partial charge on any atom is -0.477 e. The highest BCUT2D eigenvalue weighted by atomic mass is 35.5. The van der Waals surface area contributed by atoms with Gasteiger partial charge in [0.15, 0.2) is 0 Å². The molecule has 1 fully saturated rings. The summed E-state index contributed by atoms with van der Waals surface area (Å²) in [6.07, 6.45) is 5.40. The number of aryl methyl sites for hydroxylation is 1. The number of benzene rings is 2. The number of aromatic carboxylic acids is 1. The molecule has 8 nitrogen and oxygen atoms in total. The Hall–Kier alpha value is -2.88. The minimum absolute atomic E-state index is 0.0146. The van der Waals surface area contributed by atoms with Crippen LogP contribution in [0.1, 0.15) is 42.6 Å². The van der Waals surface area contributed by atoms with Crippen LogP contribution >= 0.6 is 11.6 Å². The second kappa shape index (κ2) is 9.53. The van der Waals surface area contributed by atoms with Gasteiger partial charge in [0.25, 0.3) is 0 Å². The number of fused-ring (bicyclic) bond motifs is 1. The molecule has 2 aliphatic rings. The summed E-state index contributed by atoms with van der Waals surface area (Å²) in [5.41, 5.74) is 2.06. The number of likely N-dealkylation sites (N-methyl/N-ethyl adjacent to an activating group) is 1. The molecule has 0 radical (unpaired) electrons. The number of nitrogens with zero attached hydrogens (tertiary/aromatic N) is 4. The summed E-state index contributed by atoms with van der Waals surface area (Å²) in [5, 5.41) is 14.1. The molecule has 0 bridgehead atoms. The van der Waals surface area contributed by atoms with Gasteiger partial charge in [-0.2, -0.15) is 9.40 Å². The van der Waals surface area contributed by atoms with Gasteiger partial charge in [0.1, 0.15) is 10.6 Å². The summed E-state index contributed by atoms with van der Waals surface area (Å²) in [6, 6.07) is 14.2. The normalized spacial score (nSPS) is 20.6. The summed E-state index contributed by atoms with van der Waals surface area (Å²) in [5.74, 6) is -0.858. The maximum absolute atomic E-state index is 14.1. The van der Waals surface area contributed by atoms with E-state index < -0.39 is 16.0 Å². The SMILES string of the molecule is CN1[C@H](C2CCCCC2)CN(c2ccccc2)c2cc(Cl)c(-c3cc(C(=O)O)n(C)n3)cc2S1(=O)=O. The lowest BCUT2D eigenvalue weighted by molar-refractivity contribution is 0.0685. The Bertz CT molecular complexity index is 1400. The molecule has 3 aromatic rings. The van der Waals surface area contributed by atoms with E-state index in [1.807, 2.05) is 35.2 Å². The lowest BCUT2D eigenvalue weighted by Gasteiger charge is -2.36. The second-order valence-electron chi connectivity index (χ2n) is 9.58. The molecule has 0 amide bonds. The molecule has 36 heavy (non-hydrogen) atoms.